The van der Waals surface area contributed by atoms with Crippen LogP contribution >= 0.6 is 0 Å². The lowest BCUT2D eigenvalue weighted by molar-refractivity contribution is -0.138. The summed E-state index contributed by atoms with van der Waals surface area (Å²) in [5.74, 6) is 0.862. The molecule has 0 fully saturated rings. The van der Waals surface area contributed by atoms with Gasteiger partial charge < -0.3 is 4.74 Å². The summed E-state index contributed by atoms with van der Waals surface area (Å²) in [7, 11) is 0. The smallest absolute Gasteiger partial charge is 0.330 e. The maximum Gasteiger partial charge on any atom is 0.330 e. The Morgan fingerprint density at radius 2 is 1.88 bits per heavy atom. The van der Waals surface area contributed by atoms with Crippen LogP contribution in [0.3, 0.4) is 0 Å². The third kappa shape index (κ3) is 7.49. The molecule has 1 atom stereocenters. The van der Waals surface area contributed by atoms with Crippen LogP contribution in [0.1, 0.15) is 53.9 Å². The molecule has 0 rings (SSSR count). The van der Waals surface area contributed by atoms with Gasteiger partial charge in [-0.25, -0.2) is 4.79 Å². The highest BCUT2D eigenvalue weighted by Crippen LogP contribution is 2.15. The summed E-state index contributed by atoms with van der Waals surface area (Å²) in [4.78, 5) is 11.4. The highest BCUT2D eigenvalue weighted by Gasteiger charge is 2.06. The summed E-state index contributed by atoms with van der Waals surface area (Å²) < 4.78 is 5.14. The molecule has 0 radical (unpaired) electrons. The van der Waals surface area contributed by atoms with Crippen LogP contribution in [0, 0.1) is 11.8 Å². The summed E-state index contributed by atoms with van der Waals surface area (Å²) in [6.45, 7) is 11.1. The Hall–Kier alpha value is -0.790. The number of hydrogen-bond donors (Lipinski definition) is 0. The lowest BCUT2D eigenvalue weighted by Crippen LogP contribution is -2.07. The van der Waals surface area contributed by atoms with E-state index in [0.29, 0.717) is 18.4 Å². The van der Waals surface area contributed by atoms with Crippen LogP contribution in [-0.2, 0) is 9.53 Å². The summed E-state index contributed by atoms with van der Waals surface area (Å²) in [5.41, 5.74) is 1.12. The minimum absolute atomic E-state index is 0.193. The van der Waals surface area contributed by atoms with Crippen LogP contribution in [0.4, 0.5) is 0 Å². The van der Waals surface area contributed by atoms with Crippen molar-refractivity contribution in [3.05, 3.63) is 11.6 Å². The summed E-state index contributed by atoms with van der Waals surface area (Å²) >= 11 is 0. The topological polar surface area (TPSA) is 26.3 Å². The van der Waals surface area contributed by atoms with Crippen molar-refractivity contribution in [2.75, 3.05) is 6.61 Å². The highest BCUT2D eigenvalue weighted by atomic mass is 16.5. The van der Waals surface area contributed by atoms with Crippen LogP contribution < -0.4 is 0 Å². The second-order valence-electron chi connectivity index (χ2n) is 4.93. The molecule has 0 saturated carbocycles. The molecule has 0 heterocycles. The molecule has 1 unspecified atom stereocenters. The standard InChI is InChI=1S/C14H26O2/c1-6-7-12(4)13(5)10-14(15)16-9-8-11(2)3/h10-12H,6-9H2,1-5H3. The van der Waals surface area contributed by atoms with Crippen molar-refractivity contribution < 1.29 is 9.53 Å². The van der Waals surface area contributed by atoms with E-state index in [1.165, 1.54) is 0 Å². The second kappa shape index (κ2) is 8.37. The predicted molar refractivity (Wildman–Crippen MR) is 68.2 cm³/mol. The number of allylic oxidation sites excluding steroid dienone is 1. The third-order valence-electron chi connectivity index (χ3n) is 2.78. The Morgan fingerprint density at radius 3 is 2.38 bits per heavy atom. The van der Waals surface area contributed by atoms with E-state index in [4.69, 9.17) is 4.74 Å². The molecule has 0 aromatic rings. The molecule has 0 saturated heterocycles. The van der Waals surface area contributed by atoms with Gasteiger partial charge in [0, 0.05) is 6.08 Å². The van der Waals surface area contributed by atoms with Crippen molar-refractivity contribution in [2.24, 2.45) is 11.8 Å². The Balaban J connectivity index is 3.95. The molecule has 0 aromatic carbocycles. The van der Waals surface area contributed by atoms with Crippen molar-refractivity contribution >= 4 is 5.97 Å². The quantitative estimate of drug-likeness (QED) is 0.485. The molecule has 0 aliphatic rings. The van der Waals surface area contributed by atoms with E-state index in [1.54, 1.807) is 6.08 Å². The lowest BCUT2D eigenvalue weighted by Gasteiger charge is -2.10. The zero-order chi connectivity index (χ0) is 12.6. The second-order valence-corrected chi connectivity index (χ2v) is 4.93. The molecule has 0 amide bonds. The van der Waals surface area contributed by atoms with E-state index in [0.717, 1.165) is 24.8 Å². The fourth-order valence-corrected chi connectivity index (χ4v) is 1.43. The van der Waals surface area contributed by atoms with E-state index >= 15 is 0 Å². The highest BCUT2D eigenvalue weighted by molar-refractivity contribution is 5.82. The van der Waals surface area contributed by atoms with Gasteiger partial charge in [-0.05, 0) is 31.6 Å². The molecular weight excluding hydrogens is 200 g/mol. The number of esters is 1. The molecule has 2 nitrogen and oxygen atoms in total. The first kappa shape index (κ1) is 15.2. The van der Waals surface area contributed by atoms with Gasteiger partial charge in [0.2, 0.25) is 0 Å². The number of carbonyl (C=O) groups is 1. The van der Waals surface area contributed by atoms with Crippen LogP contribution in [0.15, 0.2) is 11.6 Å². The SMILES string of the molecule is CCCC(C)C(C)=CC(=O)OCCC(C)C. The summed E-state index contributed by atoms with van der Waals surface area (Å²) in [5, 5.41) is 0. The van der Waals surface area contributed by atoms with Gasteiger partial charge in [-0.2, -0.15) is 0 Å². The molecule has 94 valence electrons. The van der Waals surface area contributed by atoms with Crippen LogP contribution in [0.5, 0.6) is 0 Å². The first-order valence-electron chi connectivity index (χ1n) is 6.32. The van der Waals surface area contributed by atoms with Gasteiger partial charge in [-0.1, -0.05) is 39.7 Å². The zero-order valence-electron chi connectivity index (χ0n) is 11.4. The van der Waals surface area contributed by atoms with Crippen molar-refractivity contribution in [3.8, 4) is 0 Å². The fourth-order valence-electron chi connectivity index (χ4n) is 1.43. The normalized spacial score (nSPS) is 14.0. The monoisotopic (exact) mass is 226 g/mol. The van der Waals surface area contributed by atoms with E-state index in [2.05, 4.69) is 27.7 Å². The zero-order valence-corrected chi connectivity index (χ0v) is 11.4. The Kier molecular flexibility index (Phi) is 7.96. The predicted octanol–water partition coefficient (Wildman–Crippen LogP) is 3.96. The number of hydrogen-bond acceptors (Lipinski definition) is 2. The van der Waals surface area contributed by atoms with E-state index in [1.807, 2.05) is 6.92 Å². The first-order valence-corrected chi connectivity index (χ1v) is 6.32. The van der Waals surface area contributed by atoms with Gasteiger partial charge in [-0.3, -0.25) is 0 Å². The van der Waals surface area contributed by atoms with E-state index in [9.17, 15) is 4.79 Å². The number of rotatable bonds is 7. The number of ether oxygens (including phenoxy) is 1. The molecular formula is C14H26O2. The van der Waals surface area contributed by atoms with Crippen LogP contribution in [0.2, 0.25) is 0 Å². The molecule has 0 aliphatic carbocycles. The van der Waals surface area contributed by atoms with Crippen molar-refractivity contribution in [2.45, 2.75) is 53.9 Å². The average molecular weight is 226 g/mol. The largest absolute Gasteiger partial charge is 0.463 e. The fraction of sp³-hybridized carbons (Fsp3) is 0.786. The van der Waals surface area contributed by atoms with E-state index in [-0.39, 0.29) is 5.97 Å². The molecule has 2 heteroatoms. The molecule has 0 N–H and O–H groups in total. The van der Waals surface area contributed by atoms with E-state index < -0.39 is 0 Å². The average Bonchev–Trinajstić information content (AvgIpc) is 2.17. The third-order valence-corrected chi connectivity index (χ3v) is 2.78. The van der Waals surface area contributed by atoms with Gasteiger partial charge in [0.05, 0.1) is 6.61 Å². The Bertz CT molecular complexity index is 229. The maximum absolute atomic E-state index is 11.4. The first-order chi connectivity index (χ1) is 7.47. The van der Waals surface area contributed by atoms with Gasteiger partial charge in [0.1, 0.15) is 0 Å². The minimum Gasteiger partial charge on any atom is -0.463 e. The summed E-state index contributed by atoms with van der Waals surface area (Å²) in [6.07, 6.45) is 4.85. The lowest BCUT2D eigenvalue weighted by atomic mass is 9.97. The van der Waals surface area contributed by atoms with Crippen molar-refractivity contribution in [1.82, 2.24) is 0 Å². The van der Waals surface area contributed by atoms with Gasteiger partial charge in [-0.15, -0.1) is 0 Å². The number of carbonyl (C=O) groups excluding carboxylic acids is 1. The maximum atomic E-state index is 11.4. The van der Waals surface area contributed by atoms with Gasteiger partial charge >= 0.3 is 5.97 Å². The Labute approximate surface area is 100 Å². The molecule has 16 heavy (non-hydrogen) atoms. The van der Waals surface area contributed by atoms with Gasteiger partial charge in [0.25, 0.3) is 0 Å². The molecule has 0 bridgehead atoms. The molecule has 0 aromatic heterocycles. The van der Waals surface area contributed by atoms with Crippen LogP contribution in [-0.4, -0.2) is 12.6 Å². The molecule has 0 aliphatic heterocycles. The van der Waals surface area contributed by atoms with Crippen molar-refractivity contribution in [3.63, 3.8) is 0 Å². The van der Waals surface area contributed by atoms with Crippen molar-refractivity contribution in [1.29, 1.82) is 0 Å². The van der Waals surface area contributed by atoms with Gasteiger partial charge in [0.15, 0.2) is 0 Å². The minimum atomic E-state index is -0.193. The molecule has 0 spiro atoms. The summed E-state index contributed by atoms with van der Waals surface area (Å²) in [6, 6.07) is 0. The Morgan fingerprint density at radius 1 is 1.25 bits per heavy atom. The van der Waals surface area contributed by atoms with Crippen LogP contribution in [0.25, 0.3) is 0 Å².